The first-order valence-corrected chi connectivity index (χ1v) is 7.41. The summed E-state index contributed by atoms with van der Waals surface area (Å²) in [6.45, 7) is 0. The fraction of sp³-hybridized carbons (Fsp3) is 0.600. The highest BCUT2D eigenvalue weighted by Gasteiger charge is 2.33. The number of nitrogens with one attached hydrogen (secondary N) is 1. The molecule has 1 aromatic heterocycles. The van der Waals surface area contributed by atoms with E-state index in [0.717, 1.165) is 12.8 Å². The highest BCUT2D eigenvalue weighted by atomic mass is 35.5. The minimum absolute atomic E-state index is 0.0623. The van der Waals surface area contributed by atoms with E-state index in [1.54, 1.807) is 0 Å². The van der Waals surface area contributed by atoms with Gasteiger partial charge >= 0.3 is 0 Å². The van der Waals surface area contributed by atoms with Gasteiger partial charge in [0.2, 0.25) is 0 Å². The predicted molar refractivity (Wildman–Crippen MR) is 65.3 cm³/mol. The third-order valence-corrected chi connectivity index (χ3v) is 5.08. The largest absolute Gasteiger partial charge is 0.259 e. The van der Waals surface area contributed by atoms with E-state index in [-0.39, 0.29) is 22.0 Å². The minimum Gasteiger partial charge on any atom is -0.255 e. The van der Waals surface area contributed by atoms with Crippen molar-refractivity contribution in [3.63, 3.8) is 0 Å². The van der Waals surface area contributed by atoms with Gasteiger partial charge in [-0.2, -0.15) is 10.4 Å². The Morgan fingerprint density at radius 1 is 1.61 bits per heavy atom. The van der Waals surface area contributed by atoms with Crippen LogP contribution in [0, 0.1) is 17.2 Å². The van der Waals surface area contributed by atoms with E-state index in [9.17, 15) is 8.42 Å². The molecule has 1 heterocycles. The Morgan fingerprint density at radius 2 is 2.33 bits per heavy atom. The lowest BCUT2D eigenvalue weighted by molar-refractivity contribution is 0.507. The molecule has 1 fully saturated rings. The van der Waals surface area contributed by atoms with E-state index in [4.69, 9.17) is 16.9 Å². The molecule has 1 aromatic rings. The second-order valence-electron chi connectivity index (χ2n) is 4.32. The van der Waals surface area contributed by atoms with Gasteiger partial charge in [0.25, 0.3) is 10.0 Å². The van der Waals surface area contributed by atoms with Gasteiger partial charge in [-0.3, -0.25) is 4.68 Å². The molecule has 0 saturated heterocycles. The van der Waals surface area contributed by atoms with E-state index < -0.39 is 10.0 Å². The molecule has 98 valence electrons. The van der Waals surface area contributed by atoms with Crippen LogP contribution in [0.2, 0.25) is 5.02 Å². The number of rotatable bonds is 3. The number of nitrogens with zero attached hydrogens (tertiary/aromatic N) is 3. The maximum Gasteiger partial charge on any atom is 0.259 e. The van der Waals surface area contributed by atoms with Gasteiger partial charge < -0.3 is 0 Å². The molecule has 1 aliphatic rings. The first kappa shape index (κ1) is 13.3. The molecule has 18 heavy (non-hydrogen) atoms. The van der Waals surface area contributed by atoms with Crippen molar-refractivity contribution in [2.24, 2.45) is 13.0 Å². The molecule has 0 aromatic carbocycles. The van der Waals surface area contributed by atoms with Crippen LogP contribution in [0.1, 0.15) is 19.3 Å². The molecule has 0 amide bonds. The lowest BCUT2D eigenvalue weighted by Gasteiger charge is -2.15. The van der Waals surface area contributed by atoms with Gasteiger partial charge in [-0.1, -0.05) is 18.0 Å². The quantitative estimate of drug-likeness (QED) is 0.900. The Balaban J connectivity index is 2.26. The normalized spacial score (nSPS) is 24.1. The van der Waals surface area contributed by atoms with Crippen LogP contribution in [0.15, 0.2) is 11.2 Å². The van der Waals surface area contributed by atoms with Gasteiger partial charge in [0.05, 0.1) is 23.2 Å². The zero-order chi connectivity index (χ0) is 13.3. The lowest BCUT2D eigenvalue weighted by atomic mass is 10.1. The summed E-state index contributed by atoms with van der Waals surface area (Å²) in [4.78, 5) is 0. The lowest BCUT2D eigenvalue weighted by Crippen LogP contribution is -2.37. The molecule has 0 aliphatic heterocycles. The summed E-state index contributed by atoms with van der Waals surface area (Å²) in [5, 5.41) is 12.8. The third-order valence-electron chi connectivity index (χ3n) is 3.09. The highest BCUT2D eigenvalue weighted by molar-refractivity contribution is 7.89. The molecule has 2 unspecified atom stereocenters. The number of hydrogen-bond acceptors (Lipinski definition) is 4. The highest BCUT2D eigenvalue weighted by Crippen LogP contribution is 2.27. The van der Waals surface area contributed by atoms with Crippen molar-refractivity contribution < 1.29 is 8.42 Å². The molecular weight excluding hydrogens is 276 g/mol. The summed E-state index contributed by atoms with van der Waals surface area (Å²) in [6.07, 6.45) is 3.53. The molecular formula is C10H13ClN4O2S. The fourth-order valence-corrected chi connectivity index (χ4v) is 4.18. The maximum absolute atomic E-state index is 12.2. The van der Waals surface area contributed by atoms with Gasteiger partial charge in [0.15, 0.2) is 5.03 Å². The van der Waals surface area contributed by atoms with E-state index in [2.05, 4.69) is 15.9 Å². The van der Waals surface area contributed by atoms with Crippen molar-refractivity contribution in [1.29, 1.82) is 5.26 Å². The maximum atomic E-state index is 12.2. The molecule has 1 aliphatic carbocycles. The summed E-state index contributed by atoms with van der Waals surface area (Å²) in [7, 11) is -2.23. The molecule has 0 bridgehead atoms. The molecule has 0 spiro atoms. The first-order valence-electron chi connectivity index (χ1n) is 5.55. The summed E-state index contributed by atoms with van der Waals surface area (Å²) >= 11 is 5.82. The van der Waals surface area contributed by atoms with Gasteiger partial charge in [0, 0.05) is 13.1 Å². The van der Waals surface area contributed by atoms with Crippen LogP contribution >= 0.6 is 11.6 Å². The standard InChI is InChI=1S/C10H13ClN4O2S/c1-15-10(8(11)6-13-15)18(16,17)14-9-4-2-3-7(9)5-12/h6-7,9,14H,2-4H2,1H3. The van der Waals surface area contributed by atoms with Crippen LogP contribution in [0.4, 0.5) is 0 Å². The Kier molecular flexibility index (Phi) is 3.61. The number of sulfonamides is 1. The SMILES string of the molecule is Cn1ncc(Cl)c1S(=O)(=O)NC1CCCC1C#N. The Hall–Kier alpha value is -1.10. The fourth-order valence-electron chi connectivity index (χ4n) is 2.21. The number of aryl methyl sites for hydroxylation is 1. The second-order valence-corrected chi connectivity index (χ2v) is 6.35. The van der Waals surface area contributed by atoms with Gasteiger partial charge in [0.1, 0.15) is 0 Å². The number of aromatic nitrogens is 2. The van der Waals surface area contributed by atoms with Crippen LogP contribution in [0.25, 0.3) is 0 Å². The molecule has 2 atom stereocenters. The van der Waals surface area contributed by atoms with Crippen molar-refractivity contribution >= 4 is 21.6 Å². The Morgan fingerprint density at radius 3 is 2.89 bits per heavy atom. The first-order chi connectivity index (χ1) is 8.45. The summed E-state index contributed by atoms with van der Waals surface area (Å²) < 4.78 is 28.1. The van der Waals surface area contributed by atoms with Crippen molar-refractivity contribution in [2.45, 2.75) is 30.3 Å². The van der Waals surface area contributed by atoms with Crippen LogP contribution < -0.4 is 4.72 Å². The Bertz CT molecular complexity index is 570. The van der Waals surface area contributed by atoms with Crippen molar-refractivity contribution in [2.75, 3.05) is 0 Å². The second kappa shape index (κ2) is 4.88. The molecule has 1 N–H and O–H groups in total. The average molecular weight is 289 g/mol. The van der Waals surface area contributed by atoms with Gasteiger partial charge in [-0.25, -0.2) is 13.1 Å². The van der Waals surface area contributed by atoms with E-state index in [0.29, 0.717) is 6.42 Å². The summed E-state index contributed by atoms with van der Waals surface area (Å²) in [6, 6.07) is 1.79. The monoisotopic (exact) mass is 288 g/mol. The van der Waals surface area contributed by atoms with Gasteiger partial charge in [-0.05, 0) is 12.8 Å². The number of nitriles is 1. The predicted octanol–water partition coefficient (Wildman–Crippen LogP) is 1.04. The van der Waals surface area contributed by atoms with Crippen molar-refractivity contribution in [3.8, 4) is 6.07 Å². The molecule has 8 heteroatoms. The van der Waals surface area contributed by atoms with Crippen LogP contribution in [0.3, 0.4) is 0 Å². The number of hydrogen-bond donors (Lipinski definition) is 1. The molecule has 2 rings (SSSR count). The van der Waals surface area contributed by atoms with Crippen LogP contribution in [0.5, 0.6) is 0 Å². The zero-order valence-corrected chi connectivity index (χ0v) is 11.4. The molecule has 0 radical (unpaired) electrons. The van der Waals surface area contributed by atoms with Crippen molar-refractivity contribution in [1.82, 2.24) is 14.5 Å². The zero-order valence-electron chi connectivity index (χ0n) is 9.80. The van der Waals surface area contributed by atoms with Crippen LogP contribution in [-0.4, -0.2) is 24.2 Å². The molecule has 1 saturated carbocycles. The summed E-state index contributed by atoms with van der Waals surface area (Å²) in [5.41, 5.74) is 0. The third kappa shape index (κ3) is 2.36. The van der Waals surface area contributed by atoms with E-state index in [1.807, 2.05) is 0 Å². The average Bonchev–Trinajstić information content (AvgIpc) is 2.85. The van der Waals surface area contributed by atoms with Gasteiger partial charge in [-0.15, -0.1) is 0 Å². The van der Waals surface area contributed by atoms with E-state index >= 15 is 0 Å². The minimum atomic E-state index is -3.74. The van der Waals surface area contributed by atoms with Crippen LogP contribution in [-0.2, 0) is 17.1 Å². The topological polar surface area (TPSA) is 87.8 Å². The number of halogens is 1. The van der Waals surface area contributed by atoms with E-state index in [1.165, 1.54) is 17.9 Å². The molecule has 6 nitrogen and oxygen atoms in total. The Labute approximate surface area is 111 Å². The smallest absolute Gasteiger partial charge is 0.255 e. The summed E-state index contributed by atoms with van der Waals surface area (Å²) in [5.74, 6) is -0.272. The van der Waals surface area contributed by atoms with Crippen molar-refractivity contribution in [3.05, 3.63) is 11.2 Å².